The van der Waals surface area contributed by atoms with Crippen LogP contribution in [0.5, 0.6) is 0 Å². The molecule has 0 fully saturated rings. The molecule has 5 heteroatoms. The van der Waals surface area contributed by atoms with E-state index in [0.29, 0.717) is 10.9 Å². The number of nitrogens with one attached hydrogen (secondary N) is 1. The second-order valence-corrected chi connectivity index (χ2v) is 6.05. The van der Waals surface area contributed by atoms with Gasteiger partial charge in [0.05, 0.1) is 12.0 Å². The summed E-state index contributed by atoms with van der Waals surface area (Å²) in [4.78, 5) is 16.4. The van der Waals surface area contributed by atoms with Crippen LogP contribution in [0.2, 0.25) is 0 Å². The maximum atomic E-state index is 11.9. The zero-order valence-electron chi connectivity index (χ0n) is 12.9. The lowest BCUT2D eigenvalue weighted by Gasteiger charge is -2.03. The highest BCUT2D eigenvalue weighted by Gasteiger charge is 2.08. The maximum Gasteiger partial charge on any atom is 0.250 e. The number of aromatic nitrogens is 1. The van der Waals surface area contributed by atoms with Gasteiger partial charge in [-0.3, -0.25) is 10.1 Å². The van der Waals surface area contributed by atoms with Gasteiger partial charge < -0.3 is 4.42 Å². The Kier molecular flexibility index (Phi) is 4.39. The molecule has 1 aromatic carbocycles. The molecule has 0 aliphatic rings. The highest BCUT2D eigenvalue weighted by molar-refractivity contribution is 7.14. The minimum atomic E-state index is -0.233. The molecule has 0 unspecified atom stereocenters. The van der Waals surface area contributed by atoms with Crippen LogP contribution in [-0.2, 0) is 4.79 Å². The fourth-order valence-electron chi connectivity index (χ4n) is 2.25. The van der Waals surface area contributed by atoms with Crippen LogP contribution in [-0.4, -0.2) is 10.9 Å². The summed E-state index contributed by atoms with van der Waals surface area (Å²) in [6, 6.07) is 9.80. The Hall–Kier alpha value is -2.66. The van der Waals surface area contributed by atoms with Gasteiger partial charge in [0.1, 0.15) is 5.76 Å². The molecular weight excluding hydrogens is 308 g/mol. The van der Waals surface area contributed by atoms with Crippen molar-refractivity contribution in [1.29, 1.82) is 0 Å². The van der Waals surface area contributed by atoms with E-state index < -0.39 is 0 Å². The minimum Gasteiger partial charge on any atom is -0.465 e. The van der Waals surface area contributed by atoms with E-state index in [9.17, 15) is 4.79 Å². The summed E-state index contributed by atoms with van der Waals surface area (Å²) in [5.41, 5.74) is 4.35. The lowest BCUT2D eigenvalue weighted by atomic mass is 10.0. The number of anilines is 1. The fraction of sp³-hybridized carbons (Fsp3) is 0.111. The molecule has 0 saturated carbocycles. The number of nitrogens with zero attached hydrogens (tertiary/aromatic N) is 1. The summed E-state index contributed by atoms with van der Waals surface area (Å²) in [6.45, 7) is 4.13. The van der Waals surface area contributed by atoms with Crippen LogP contribution in [0.15, 0.2) is 52.5 Å². The van der Waals surface area contributed by atoms with E-state index in [2.05, 4.69) is 42.3 Å². The molecule has 116 valence electrons. The number of carbonyl (C=O) groups is 1. The van der Waals surface area contributed by atoms with Crippen molar-refractivity contribution in [3.8, 4) is 11.3 Å². The summed E-state index contributed by atoms with van der Waals surface area (Å²) in [6.07, 6.45) is 4.61. The summed E-state index contributed by atoms with van der Waals surface area (Å²) in [5, 5.41) is 5.29. The average Bonchev–Trinajstić information content (AvgIpc) is 3.17. The van der Waals surface area contributed by atoms with Gasteiger partial charge in [-0.2, -0.15) is 0 Å². The third kappa shape index (κ3) is 3.76. The number of hydrogen-bond acceptors (Lipinski definition) is 4. The van der Waals surface area contributed by atoms with Gasteiger partial charge in [0.15, 0.2) is 5.13 Å². The van der Waals surface area contributed by atoms with Gasteiger partial charge in [-0.15, -0.1) is 11.3 Å². The molecule has 0 radical (unpaired) electrons. The molecule has 0 atom stereocenters. The minimum absolute atomic E-state index is 0.233. The number of aryl methyl sites for hydroxylation is 2. The van der Waals surface area contributed by atoms with E-state index in [0.717, 1.165) is 11.3 Å². The number of benzene rings is 1. The quantitative estimate of drug-likeness (QED) is 0.709. The van der Waals surface area contributed by atoms with Gasteiger partial charge >= 0.3 is 0 Å². The van der Waals surface area contributed by atoms with E-state index >= 15 is 0 Å². The lowest BCUT2D eigenvalue weighted by molar-refractivity contribution is -0.111. The van der Waals surface area contributed by atoms with E-state index in [4.69, 9.17) is 4.42 Å². The van der Waals surface area contributed by atoms with E-state index in [1.165, 1.54) is 28.5 Å². The SMILES string of the molecule is Cc1ccc(-c2csc(NC(=O)/C=C/c3ccco3)n2)c(C)c1. The second kappa shape index (κ2) is 6.62. The van der Waals surface area contributed by atoms with E-state index in [1.54, 1.807) is 24.5 Å². The smallest absolute Gasteiger partial charge is 0.250 e. The van der Waals surface area contributed by atoms with Crippen LogP contribution < -0.4 is 5.32 Å². The van der Waals surface area contributed by atoms with Gasteiger partial charge in [-0.25, -0.2) is 4.98 Å². The molecule has 0 saturated heterocycles. The second-order valence-electron chi connectivity index (χ2n) is 5.19. The summed E-state index contributed by atoms with van der Waals surface area (Å²) in [5.74, 6) is 0.401. The average molecular weight is 324 g/mol. The number of furan rings is 1. The highest BCUT2D eigenvalue weighted by Crippen LogP contribution is 2.27. The molecule has 0 aliphatic carbocycles. The fourth-order valence-corrected chi connectivity index (χ4v) is 2.96. The first-order valence-corrected chi connectivity index (χ1v) is 8.05. The summed E-state index contributed by atoms with van der Waals surface area (Å²) in [7, 11) is 0. The predicted molar refractivity (Wildman–Crippen MR) is 93.4 cm³/mol. The normalized spacial score (nSPS) is 11.0. The third-order valence-electron chi connectivity index (χ3n) is 3.33. The third-order valence-corrected chi connectivity index (χ3v) is 4.09. The first-order chi connectivity index (χ1) is 11.1. The van der Waals surface area contributed by atoms with E-state index in [1.807, 2.05) is 5.38 Å². The van der Waals surface area contributed by atoms with Gasteiger partial charge in [0.2, 0.25) is 5.91 Å². The zero-order valence-corrected chi connectivity index (χ0v) is 13.7. The molecular formula is C18H16N2O2S. The number of hydrogen-bond donors (Lipinski definition) is 1. The van der Waals surface area contributed by atoms with Crippen LogP contribution >= 0.6 is 11.3 Å². The van der Waals surface area contributed by atoms with Crippen molar-refractivity contribution in [2.24, 2.45) is 0 Å². The monoisotopic (exact) mass is 324 g/mol. The molecule has 1 amide bonds. The predicted octanol–water partition coefficient (Wildman–Crippen LogP) is 4.67. The van der Waals surface area contributed by atoms with Gasteiger partial charge in [0.25, 0.3) is 0 Å². The molecule has 3 rings (SSSR count). The van der Waals surface area contributed by atoms with Crippen molar-refractivity contribution in [1.82, 2.24) is 4.98 Å². The number of amides is 1. The van der Waals surface area contributed by atoms with Gasteiger partial charge in [-0.1, -0.05) is 23.8 Å². The topological polar surface area (TPSA) is 55.1 Å². The Morgan fingerprint density at radius 3 is 2.91 bits per heavy atom. The molecule has 1 N–H and O–H groups in total. The van der Waals surface area contributed by atoms with Crippen LogP contribution in [0.4, 0.5) is 5.13 Å². The molecule has 0 aliphatic heterocycles. The molecule has 3 aromatic rings. The highest BCUT2D eigenvalue weighted by atomic mass is 32.1. The van der Waals surface area contributed by atoms with Crippen LogP contribution in [0, 0.1) is 13.8 Å². The first kappa shape index (κ1) is 15.2. The number of thiazole rings is 1. The Labute approximate surface area is 138 Å². The molecule has 23 heavy (non-hydrogen) atoms. The van der Waals surface area contributed by atoms with Crippen molar-refractivity contribution < 1.29 is 9.21 Å². The zero-order chi connectivity index (χ0) is 16.2. The Morgan fingerprint density at radius 2 is 2.17 bits per heavy atom. The standard InChI is InChI=1S/C18H16N2O2S/c1-12-5-7-15(13(2)10-12)16-11-23-18(19-16)20-17(21)8-6-14-4-3-9-22-14/h3-11H,1-2H3,(H,19,20,21)/b8-6+. The number of rotatable bonds is 4. The van der Waals surface area contributed by atoms with Crippen LogP contribution in [0.25, 0.3) is 17.3 Å². The number of carbonyl (C=O) groups excluding carboxylic acids is 1. The van der Waals surface area contributed by atoms with Gasteiger partial charge in [0, 0.05) is 17.0 Å². The molecule has 0 spiro atoms. The molecule has 2 aromatic heterocycles. The van der Waals surface area contributed by atoms with Crippen molar-refractivity contribution in [2.45, 2.75) is 13.8 Å². The summed E-state index contributed by atoms with van der Waals surface area (Å²) >= 11 is 1.41. The van der Waals surface area contributed by atoms with Crippen molar-refractivity contribution >= 4 is 28.5 Å². The maximum absolute atomic E-state index is 11.9. The Morgan fingerprint density at radius 1 is 1.30 bits per heavy atom. The van der Waals surface area contributed by atoms with E-state index in [-0.39, 0.29) is 5.91 Å². The summed E-state index contributed by atoms with van der Waals surface area (Å²) < 4.78 is 5.14. The molecule has 0 bridgehead atoms. The molecule has 2 heterocycles. The molecule has 4 nitrogen and oxygen atoms in total. The van der Waals surface area contributed by atoms with Crippen LogP contribution in [0.1, 0.15) is 16.9 Å². The van der Waals surface area contributed by atoms with Crippen LogP contribution in [0.3, 0.4) is 0 Å². The Balaban J connectivity index is 1.71. The van der Waals surface area contributed by atoms with Crippen molar-refractivity contribution in [2.75, 3.05) is 5.32 Å². The Bertz CT molecular complexity index is 848. The largest absolute Gasteiger partial charge is 0.465 e. The van der Waals surface area contributed by atoms with Crippen molar-refractivity contribution in [3.05, 3.63) is 64.9 Å². The lowest BCUT2D eigenvalue weighted by Crippen LogP contribution is -2.07. The van der Waals surface area contributed by atoms with Gasteiger partial charge in [-0.05, 0) is 37.6 Å². The van der Waals surface area contributed by atoms with Crippen molar-refractivity contribution in [3.63, 3.8) is 0 Å². The first-order valence-electron chi connectivity index (χ1n) is 7.17.